The monoisotopic (exact) mass is 223 g/mol. The lowest BCUT2D eigenvalue weighted by Crippen LogP contribution is -2.22. The van der Waals surface area contributed by atoms with Gasteiger partial charge in [0.2, 0.25) is 11.7 Å². The Kier molecular flexibility index (Phi) is 2.51. The molecule has 0 saturated carbocycles. The van der Waals surface area contributed by atoms with Crippen LogP contribution in [0, 0.1) is 6.92 Å². The first kappa shape index (κ1) is 10.8. The summed E-state index contributed by atoms with van der Waals surface area (Å²) < 4.78 is 10.3. The van der Waals surface area contributed by atoms with Crippen molar-refractivity contribution in [1.82, 2.24) is 15.4 Å². The van der Waals surface area contributed by atoms with E-state index in [1.54, 1.807) is 13.0 Å². The molecule has 6 heteroatoms. The Hall–Kier alpha value is -1.69. The highest BCUT2D eigenvalue weighted by atomic mass is 16.5. The van der Waals surface area contributed by atoms with Crippen LogP contribution in [-0.4, -0.2) is 27.1 Å². The summed E-state index contributed by atoms with van der Waals surface area (Å²) in [5.74, 6) is 1.18. The van der Waals surface area contributed by atoms with Gasteiger partial charge in [-0.05, 0) is 0 Å². The first-order valence-corrected chi connectivity index (χ1v) is 4.91. The maximum absolute atomic E-state index is 9.20. The van der Waals surface area contributed by atoms with Crippen molar-refractivity contribution in [2.24, 2.45) is 0 Å². The fourth-order valence-electron chi connectivity index (χ4n) is 1.17. The van der Waals surface area contributed by atoms with Crippen molar-refractivity contribution in [2.75, 3.05) is 6.61 Å². The van der Waals surface area contributed by atoms with Gasteiger partial charge in [-0.25, -0.2) is 0 Å². The molecule has 0 atom stereocenters. The van der Waals surface area contributed by atoms with Gasteiger partial charge in [-0.15, -0.1) is 10.2 Å². The molecule has 86 valence electrons. The van der Waals surface area contributed by atoms with Crippen LogP contribution in [0.25, 0.3) is 11.7 Å². The third-order valence-electron chi connectivity index (χ3n) is 2.34. The highest BCUT2D eigenvalue weighted by Crippen LogP contribution is 2.26. The zero-order valence-corrected chi connectivity index (χ0v) is 9.39. The van der Waals surface area contributed by atoms with E-state index < -0.39 is 5.41 Å². The van der Waals surface area contributed by atoms with Crippen molar-refractivity contribution in [1.29, 1.82) is 0 Å². The van der Waals surface area contributed by atoms with Crippen molar-refractivity contribution < 1.29 is 14.0 Å². The van der Waals surface area contributed by atoms with Crippen LogP contribution in [0.1, 0.15) is 25.4 Å². The number of aryl methyl sites for hydroxylation is 1. The number of aromatic nitrogens is 3. The van der Waals surface area contributed by atoms with E-state index in [2.05, 4.69) is 15.4 Å². The second kappa shape index (κ2) is 3.71. The van der Waals surface area contributed by atoms with Crippen LogP contribution in [0.5, 0.6) is 0 Å². The summed E-state index contributed by atoms with van der Waals surface area (Å²) >= 11 is 0. The lowest BCUT2D eigenvalue weighted by atomic mass is 9.90. The molecule has 2 heterocycles. The maximum atomic E-state index is 9.20. The van der Waals surface area contributed by atoms with Gasteiger partial charge in [0.05, 0.1) is 12.3 Å². The minimum atomic E-state index is -0.448. The molecule has 2 rings (SSSR count). The summed E-state index contributed by atoms with van der Waals surface area (Å²) in [6, 6.07) is 1.70. The highest BCUT2D eigenvalue weighted by Gasteiger charge is 2.25. The van der Waals surface area contributed by atoms with Crippen molar-refractivity contribution in [2.45, 2.75) is 26.2 Å². The molecule has 0 bridgehead atoms. The van der Waals surface area contributed by atoms with E-state index in [0.717, 1.165) is 0 Å². The summed E-state index contributed by atoms with van der Waals surface area (Å²) in [7, 11) is 0. The summed E-state index contributed by atoms with van der Waals surface area (Å²) in [6.45, 7) is 5.43. The van der Waals surface area contributed by atoms with Gasteiger partial charge in [-0.3, -0.25) is 0 Å². The Morgan fingerprint density at radius 3 is 2.69 bits per heavy atom. The maximum Gasteiger partial charge on any atom is 0.286 e. The first-order valence-electron chi connectivity index (χ1n) is 4.91. The zero-order chi connectivity index (χ0) is 11.8. The van der Waals surface area contributed by atoms with Crippen LogP contribution < -0.4 is 0 Å². The fraction of sp³-hybridized carbons (Fsp3) is 0.500. The quantitative estimate of drug-likeness (QED) is 0.844. The molecule has 16 heavy (non-hydrogen) atoms. The van der Waals surface area contributed by atoms with Gasteiger partial charge in [0.25, 0.3) is 5.89 Å². The Morgan fingerprint density at radius 2 is 2.12 bits per heavy atom. The lowest BCUT2D eigenvalue weighted by Gasteiger charge is -2.16. The van der Waals surface area contributed by atoms with Crippen molar-refractivity contribution in [3.8, 4) is 11.7 Å². The minimum absolute atomic E-state index is 0.0121. The molecule has 2 aromatic rings. The smallest absolute Gasteiger partial charge is 0.286 e. The van der Waals surface area contributed by atoms with Crippen LogP contribution >= 0.6 is 0 Å². The molecule has 0 aliphatic rings. The Bertz CT molecular complexity index is 487. The van der Waals surface area contributed by atoms with Crippen LogP contribution in [-0.2, 0) is 5.41 Å². The average molecular weight is 223 g/mol. The normalized spacial score (nSPS) is 12.0. The van der Waals surface area contributed by atoms with Gasteiger partial charge in [0.15, 0.2) is 0 Å². The molecule has 2 aromatic heterocycles. The molecule has 0 aliphatic heterocycles. The Morgan fingerprint density at radius 1 is 1.38 bits per heavy atom. The Labute approximate surface area is 92.3 Å². The number of aliphatic hydroxyl groups excluding tert-OH is 1. The standard InChI is InChI=1S/C10H13N3O3/c1-6-11-12-9(15-6)7-4-8(13-16-7)10(2,3)5-14/h4,14H,5H2,1-3H3. The molecule has 0 fully saturated rings. The predicted molar refractivity (Wildman–Crippen MR) is 54.6 cm³/mol. The predicted octanol–water partition coefficient (Wildman–Crippen LogP) is 1.30. The molecular formula is C10H13N3O3. The SMILES string of the molecule is Cc1nnc(-c2cc(C(C)(C)CO)no2)o1. The van der Waals surface area contributed by atoms with Gasteiger partial charge < -0.3 is 14.0 Å². The second-order valence-electron chi connectivity index (χ2n) is 4.24. The minimum Gasteiger partial charge on any atom is -0.418 e. The number of aliphatic hydroxyl groups is 1. The third kappa shape index (κ3) is 1.83. The van der Waals surface area contributed by atoms with Crippen LogP contribution in [0.4, 0.5) is 0 Å². The van der Waals surface area contributed by atoms with E-state index in [4.69, 9.17) is 8.94 Å². The van der Waals surface area contributed by atoms with E-state index in [1.165, 1.54) is 0 Å². The van der Waals surface area contributed by atoms with Crippen LogP contribution in [0.15, 0.2) is 15.0 Å². The van der Waals surface area contributed by atoms with Gasteiger partial charge in [0.1, 0.15) is 0 Å². The van der Waals surface area contributed by atoms with Crippen molar-refractivity contribution >= 4 is 0 Å². The molecule has 0 aliphatic carbocycles. The second-order valence-corrected chi connectivity index (χ2v) is 4.24. The summed E-state index contributed by atoms with van der Waals surface area (Å²) in [4.78, 5) is 0. The van der Waals surface area contributed by atoms with Crippen LogP contribution in [0.2, 0.25) is 0 Å². The van der Waals surface area contributed by atoms with E-state index in [1.807, 2.05) is 13.8 Å². The molecule has 0 saturated heterocycles. The molecule has 0 amide bonds. The Balaban J connectivity index is 2.33. The van der Waals surface area contributed by atoms with Crippen molar-refractivity contribution in [3.63, 3.8) is 0 Å². The molecule has 0 radical (unpaired) electrons. The molecule has 0 unspecified atom stereocenters. The van der Waals surface area contributed by atoms with Crippen LogP contribution in [0.3, 0.4) is 0 Å². The largest absolute Gasteiger partial charge is 0.418 e. The van der Waals surface area contributed by atoms with Gasteiger partial charge in [-0.1, -0.05) is 19.0 Å². The topological polar surface area (TPSA) is 85.2 Å². The molecule has 0 aromatic carbocycles. The molecule has 6 nitrogen and oxygen atoms in total. The van der Waals surface area contributed by atoms with E-state index in [9.17, 15) is 5.11 Å². The first-order chi connectivity index (χ1) is 7.53. The summed E-state index contributed by atoms with van der Waals surface area (Å²) in [5, 5.41) is 20.6. The number of hydrogen-bond donors (Lipinski definition) is 1. The zero-order valence-electron chi connectivity index (χ0n) is 9.39. The lowest BCUT2D eigenvalue weighted by molar-refractivity contribution is 0.210. The van der Waals surface area contributed by atoms with Gasteiger partial charge >= 0.3 is 0 Å². The average Bonchev–Trinajstić information content (AvgIpc) is 2.85. The number of rotatable bonds is 3. The number of nitrogens with zero attached hydrogens (tertiary/aromatic N) is 3. The molecular weight excluding hydrogens is 210 g/mol. The molecule has 0 spiro atoms. The van der Waals surface area contributed by atoms with Gasteiger partial charge in [0, 0.05) is 18.4 Å². The third-order valence-corrected chi connectivity index (χ3v) is 2.34. The fourth-order valence-corrected chi connectivity index (χ4v) is 1.17. The van der Waals surface area contributed by atoms with E-state index in [-0.39, 0.29) is 6.61 Å². The molecule has 1 N–H and O–H groups in total. The number of hydrogen-bond acceptors (Lipinski definition) is 6. The summed E-state index contributed by atoms with van der Waals surface area (Å²) in [6.07, 6.45) is 0. The van der Waals surface area contributed by atoms with Crippen molar-refractivity contribution in [3.05, 3.63) is 17.7 Å². The van der Waals surface area contributed by atoms with E-state index >= 15 is 0 Å². The van der Waals surface area contributed by atoms with Gasteiger partial charge in [-0.2, -0.15) is 0 Å². The summed E-state index contributed by atoms with van der Waals surface area (Å²) in [5.41, 5.74) is 0.206. The highest BCUT2D eigenvalue weighted by molar-refractivity contribution is 5.44. The van der Waals surface area contributed by atoms with E-state index in [0.29, 0.717) is 23.2 Å².